The number of non-ortho nitro benzene ring substituents is 1. The molecule has 0 aliphatic rings. The van der Waals surface area contributed by atoms with Gasteiger partial charge in [0.2, 0.25) is 0 Å². The quantitative estimate of drug-likeness (QED) is 0.262. The maximum absolute atomic E-state index is 12.2. The molecule has 3 aromatic rings. The standard InChI is InChI=1S/C21H19N3O4S/c1-14-6-9-19(10-7-14)29-15(2)21(25)23-22-13-18-8-11-20(28-18)16-4-3-5-17(12-16)24(26)27/h3-13,15H,1-2H3,(H,23,25)/b22-13-/t15-/m0/s1. The molecule has 29 heavy (non-hydrogen) atoms. The summed E-state index contributed by atoms with van der Waals surface area (Å²) in [5, 5.41) is 14.5. The second kappa shape index (κ2) is 9.20. The number of hydrazone groups is 1. The molecule has 1 amide bonds. The molecule has 0 aliphatic carbocycles. The van der Waals surface area contributed by atoms with Gasteiger partial charge in [-0.2, -0.15) is 5.10 Å². The van der Waals surface area contributed by atoms with Gasteiger partial charge in [-0.1, -0.05) is 29.8 Å². The molecule has 0 saturated carbocycles. The second-order valence-electron chi connectivity index (χ2n) is 6.32. The van der Waals surface area contributed by atoms with Crippen molar-refractivity contribution in [2.75, 3.05) is 0 Å². The zero-order valence-electron chi connectivity index (χ0n) is 15.9. The highest BCUT2D eigenvalue weighted by Gasteiger charge is 2.14. The molecule has 1 N–H and O–H groups in total. The first-order chi connectivity index (χ1) is 13.9. The van der Waals surface area contributed by atoms with Gasteiger partial charge in [0.1, 0.15) is 11.5 Å². The Morgan fingerprint density at radius 1 is 1.21 bits per heavy atom. The Balaban J connectivity index is 1.58. The molecule has 1 atom stereocenters. The maximum Gasteiger partial charge on any atom is 0.270 e. The van der Waals surface area contributed by atoms with Crippen LogP contribution in [-0.4, -0.2) is 22.3 Å². The predicted molar refractivity (Wildman–Crippen MR) is 113 cm³/mol. The average Bonchev–Trinajstić information content (AvgIpc) is 3.18. The molecule has 0 unspecified atom stereocenters. The summed E-state index contributed by atoms with van der Waals surface area (Å²) in [5.41, 5.74) is 4.24. The topological polar surface area (TPSA) is 97.7 Å². The highest BCUT2D eigenvalue weighted by molar-refractivity contribution is 8.00. The van der Waals surface area contributed by atoms with Crippen LogP contribution in [0.25, 0.3) is 11.3 Å². The minimum absolute atomic E-state index is 0.0126. The van der Waals surface area contributed by atoms with Gasteiger partial charge < -0.3 is 4.42 Å². The third kappa shape index (κ3) is 5.55. The lowest BCUT2D eigenvalue weighted by Gasteiger charge is -2.09. The summed E-state index contributed by atoms with van der Waals surface area (Å²) in [7, 11) is 0. The minimum Gasteiger partial charge on any atom is -0.455 e. The van der Waals surface area contributed by atoms with Crippen molar-refractivity contribution in [3.05, 3.63) is 82.1 Å². The van der Waals surface area contributed by atoms with Crippen LogP contribution in [0, 0.1) is 17.0 Å². The van der Waals surface area contributed by atoms with Gasteiger partial charge in [-0.3, -0.25) is 14.9 Å². The summed E-state index contributed by atoms with van der Waals surface area (Å²) in [6.07, 6.45) is 1.39. The molecule has 0 spiro atoms. The van der Waals surface area contributed by atoms with Crippen LogP contribution in [0.4, 0.5) is 5.69 Å². The van der Waals surface area contributed by atoms with E-state index in [1.807, 2.05) is 38.1 Å². The number of carbonyl (C=O) groups is 1. The van der Waals surface area contributed by atoms with Crippen molar-refractivity contribution in [3.63, 3.8) is 0 Å². The maximum atomic E-state index is 12.2. The summed E-state index contributed by atoms with van der Waals surface area (Å²) in [4.78, 5) is 23.6. The summed E-state index contributed by atoms with van der Waals surface area (Å²) in [6.45, 7) is 3.82. The molecular weight excluding hydrogens is 390 g/mol. The van der Waals surface area contributed by atoms with Crippen molar-refractivity contribution >= 4 is 29.6 Å². The van der Waals surface area contributed by atoms with E-state index in [-0.39, 0.29) is 16.8 Å². The highest BCUT2D eigenvalue weighted by Crippen LogP contribution is 2.25. The van der Waals surface area contributed by atoms with E-state index in [0.29, 0.717) is 17.1 Å². The van der Waals surface area contributed by atoms with Crippen molar-refractivity contribution in [1.29, 1.82) is 0 Å². The zero-order chi connectivity index (χ0) is 20.8. The van der Waals surface area contributed by atoms with Crippen LogP contribution in [0.3, 0.4) is 0 Å². The Bertz CT molecular complexity index is 1040. The molecule has 8 heteroatoms. The lowest BCUT2D eigenvalue weighted by molar-refractivity contribution is -0.384. The van der Waals surface area contributed by atoms with Crippen LogP contribution in [0.15, 0.2) is 75.1 Å². The number of thioether (sulfide) groups is 1. The smallest absolute Gasteiger partial charge is 0.270 e. The van der Waals surface area contributed by atoms with Crippen molar-refractivity contribution in [3.8, 4) is 11.3 Å². The lowest BCUT2D eigenvalue weighted by atomic mass is 10.1. The van der Waals surface area contributed by atoms with Gasteiger partial charge in [-0.15, -0.1) is 11.8 Å². The molecule has 0 aliphatic heterocycles. The third-order valence-electron chi connectivity index (χ3n) is 4.04. The number of nitrogens with zero attached hydrogens (tertiary/aromatic N) is 2. The van der Waals surface area contributed by atoms with E-state index in [1.165, 1.54) is 35.7 Å². The Labute approximate surface area is 172 Å². The minimum atomic E-state index is -0.458. The van der Waals surface area contributed by atoms with Crippen molar-refractivity contribution in [2.24, 2.45) is 5.10 Å². The molecule has 0 fully saturated rings. The monoisotopic (exact) mass is 409 g/mol. The van der Waals surface area contributed by atoms with E-state index in [2.05, 4.69) is 10.5 Å². The van der Waals surface area contributed by atoms with Gasteiger partial charge >= 0.3 is 0 Å². The zero-order valence-corrected chi connectivity index (χ0v) is 16.7. The molecule has 0 saturated heterocycles. The first kappa shape index (κ1) is 20.3. The highest BCUT2D eigenvalue weighted by atomic mass is 32.2. The number of nitrogens with one attached hydrogen (secondary N) is 1. The van der Waals surface area contributed by atoms with Crippen LogP contribution in [0.5, 0.6) is 0 Å². The molecule has 7 nitrogen and oxygen atoms in total. The van der Waals surface area contributed by atoms with Gasteiger partial charge in [0.25, 0.3) is 11.6 Å². The number of hydrogen-bond acceptors (Lipinski definition) is 6. The number of nitro benzene ring substituents is 1. The van der Waals surface area contributed by atoms with Gasteiger partial charge in [-0.25, -0.2) is 5.43 Å². The fourth-order valence-electron chi connectivity index (χ4n) is 2.48. The van der Waals surface area contributed by atoms with E-state index in [4.69, 9.17) is 4.42 Å². The van der Waals surface area contributed by atoms with Crippen LogP contribution in [0.1, 0.15) is 18.2 Å². The first-order valence-corrected chi connectivity index (χ1v) is 9.71. The van der Waals surface area contributed by atoms with Gasteiger partial charge in [0.05, 0.1) is 16.4 Å². The van der Waals surface area contributed by atoms with E-state index >= 15 is 0 Å². The third-order valence-corrected chi connectivity index (χ3v) is 5.15. The van der Waals surface area contributed by atoms with Crippen molar-refractivity contribution in [2.45, 2.75) is 24.0 Å². The number of furan rings is 1. The fourth-order valence-corrected chi connectivity index (χ4v) is 3.34. The molecular formula is C21H19N3O4S. The Morgan fingerprint density at radius 2 is 1.97 bits per heavy atom. The van der Waals surface area contributed by atoms with Gasteiger partial charge in [0, 0.05) is 22.6 Å². The normalized spacial score (nSPS) is 12.1. The van der Waals surface area contributed by atoms with Crippen molar-refractivity contribution in [1.82, 2.24) is 5.43 Å². The average molecular weight is 409 g/mol. The molecule has 1 heterocycles. The van der Waals surface area contributed by atoms with Crippen LogP contribution < -0.4 is 5.43 Å². The van der Waals surface area contributed by atoms with Crippen LogP contribution in [0.2, 0.25) is 0 Å². The van der Waals surface area contributed by atoms with E-state index in [0.717, 1.165) is 4.90 Å². The van der Waals surface area contributed by atoms with Gasteiger partial charge in [0.15, 0.2) is 0 Å². The summed E-state index contributed by atoms with van der Waals surface area (Å²) < 4.78 is 5.63. The van der Waals surface area contributed by atoms with Crippen LogP contribution in [-0.2, 0) is 4.79 Å². The fraction of sp³-hybridized carbons (Fsp3) is 0.143. The molecule has 2 aromatic carbocycles. The van der Waals surface area contributed by atoms with Crippen molar-refractivity contribution < 1.29 is 14.1 Å². The Kier molecular flexibility index (Phi) is 6.46. The molecule has 1 aromatic heterocycles. The lowest BCUT2D eigenvalue weighted by Crippen LogP contribution is -2.26. The summed E-state index contributed by atoms with van der Waals surface area (Å²) in [5.74, 6) is 0.674. The van der Waals surface area contributed by atoms with E-state index in [1.54, 1.807) is 24.3 Å². The second-order valence-corrected chi connectivity index (χ2v) is 7.73. The number of benzene rings is 2. The number of nitro groups is 1. The number of amides is 1. The molecule has 0 bridgehead atoms. The summed E-state index contributed by atoms with van der Waals surface area (Å²) in [6, 6.07) is 17.5. The summed E-state index contributed by atoms with van der Waals surface area (Å²) >= 11 is 1.45. The predicted octanol–water partition coefficient (Wildman–Crippen LogP) is 4.79. The number of rotatable bonds is 7. The van der Waals surface area contributed by atoms with Crippen LogP contribution >= 0.6 is 11.8 Å². The number of carbonyl (C=O) groups excluding carboxylic acids is 1. The van der Waals surface area contributed by atoms with E-state index < -0.39 is 4.92 Å². The van der Waals surface area contributed by atoms with E-state index in [9.17, 15) is 14.9 Å². The largest absolute Gasteiger partial charge is 0.455 e. The Morgan fingerprint density at radius 3 is 2.69 bits per heavy atom. The Hall–Kier alpha value is -3.39. The number of hydrogen-bond donors (Lipinski definition) is 1. The molecule has 0 radical (unpaired) electrons. The van der Waals surface area contributed by atoms with Gasteiger partial charge in [-0.05, 0) is 38.1 Å². The first-order valence-electron chi connectivity index (χ1n) is 8.83. The number of aryl methyl sites for hydroxylation is 1. The molecule has 148 valence electrons. The molecule has 3 rings (SSSR count). The SMILES string of the molecule is Cc1ccc(S[C@@H](C)C(=O)N/N=C\c2ccc(-c3cccc([N+](=O)[O-])c3)o2)cc1.